The van der Waals surface area contributed by atoms with Gasteiger partial charge < -0.3 is 5.32 Å². The summed E-state index contributed by atoms with van der Waals surface area (Å²) in [4.78, 5) is 9.16. The van der Waals surface area contributed by atoms with Crippen LogP contribution in [0.2, 0.25) is 0 Å². The van der Waals surface area contributed by atoms with Crippen LogP contribution in [0.1, 0.15) is 31.0 Å². The molecule has 0 spiro atoms. The van der Waals surface area contributed by atoms with Gasteiger partial charge in [-0.05, 0) is 12.8 Å². The molecule has 0 unspecified atom stereocenters. The normalized spacial score (nSPS) is 11.0. The lowest BCUT2D eigenvalue weighted by atomic mass is 10.0. The van der Waals surface area contributed by atoms with Crippen LogP contribution in [-0.4, -0.2) is 26.8 Å². The summed E-state index contributed by atoms with van der Waals surface area (Å²) in [7, 11) is 3.78. The zero-order valence-electron chi connectivity index (χ0n) is 11.5. The standard InChI is InChI=1S/C13H19N5/c1-8(2)11-9(3)16-12(17-13(11)14-4)10-6-15-18(5)7-10/h6-8H,1-5H3,(H,14,16,17). The average molecular weight is 245 g/mol. The van der Waals surface area contributed by atoms with E-state index in [1.165, 1.54) is 5.56 Å². The maximum Gasteiger partial charge on any atom is 0.164 e. The van der Waals surface area contributed by atoms with Gasteiger partial charge in [-0.3, -0.25) is 4.68 Å². The molecule has 0 atom stereocenters. The van der Waals surface area contributed by atoms with Crippen molar-refractivity contribution in [1.29, 1.82) is 0 Å². The van der Waals surface area contributed by atoms with Gasteiger partial charge >= 0.3 is 0 Å². The molecule has 2 aromatic heterocycles. The molecule has 5 nitrogen and oxygen atoms in total. The Kier molecular flexibility index (Phi) is 3.32. The molecule has 96 valence electrons. The SMILES string of the molecule is CNc1nc(-c2cnn(C)c2)nc(C)c1C(C)C. The van der Waals surface area contributed by atoms with Gasteiger partial charge in [0.15, 0.2) is 5.82 Å². The van der Waals surface area contributed by atoms with Crippen LogP contribution in [0.3, 0.4) is 0 Å². The second-order valence-electron chi connectivity index (χ2n) is 4.70. The zero-order valence-corrected chi connectivity index (χ0v) is 11.5. The molecule has 0 saturated carbocycles. The van der Waals surface area contributed by atoms with E-state index in [4.69, 9.17) is 0 Å². The molecular weight excluding hydrogens is 226 g/mol. The summed E-state index contributed by atoms with van der Waals surface area (Å²) in [6.45, 7) is 6.32. The van der Waals surface area contributed by atoms with E-state index in [0.29, 0.717) is 11.7 Å². The summed E-state index contributed by atoms with van der Waals surface area (Å²) in [6, 6.07) is 0. The van der Waals surface area contributed by atoms with Gasteiger partial charge in [0.2, 0.25) is 0 Å². The Balaban J connectivity index is 2.55. The highest BCUT2D eigenvalue weighted by Crippen LogP contribution is 2.27. The number of aryl methyl sites for hydroxylation is 2. The Hall–Kier alpha value is -1.91. The lowest BCUT2D eigenvalue weighted by Crippen LogP contribution is -2.06. The number of nitrogens with zero attached hydrogens (tertiary/aromatic N) is 4. The second kappa shape index (κ2) is 4.76. The van der Waals surface area contributed by atoms with Crippen LogP contribution in [0.4, 0.5) is 5.82 Å². The minimum atomic E-state index is 0.399. The molecule has 0 radical (unpaired) electrons. The van der Waals surface area contributed by atoms with Crippen LogP contribution in [0.25, 0.3) is 11.4 Å². The molecule has 18 heavy (non-hydrogen) atoms. The summed E-state index contributed by atoms with van der Waals surface area (Å²) < 4.78 is 1.75. The predicted octanol–water partition coefficient (Wildman–Crippen LogP) is 2.35. The van der Waals surface area contributed by atoms with Crippen molar-refractivity contribution in [3.8, 4) is 11.4 Å². The molecule has 0 fully saturated rings. The molecule has 1 N–H and O–H groups in total. The van der Waals surface area contributed by atoms with E-state index in [9.17, 15) is 0 Å². The summed E-state index contributed by atoms with van der Waals surface area (Å²) >= 11 is 0. The van der Waals surface area contributed by atoms with Crippen molar-refractivity contribution in [3.63, 3.8) is 0 Å². The first-order chi connectivity index (χ1) is 8.52. The number of hydrogen-bond donors (Lipinski definition) is 1. The lowest BCUT2D eigenvalue weighted by molar-refractivity contribution is 0.768. The van der Waals surface area contributed by atoms with Crippen LogP contribution >= 0.6 is 0 Å². The molecule has 2 rings (SSSR count). The molecular formula is C13H19N5. The van der Waals surface area contributed by atoms with E-state index in [2.05, 4.69) is 34.2 Å². The Morgan fingerprint density at radius 3 is 2.50 bits per heavy atom. The van der Waals surface area contributed by atoms with Crippen LogP contribution in [-0.2, 0) is 7.05 Å². The quantitative estimate of drug-likeness (QED) is 0.901. The van der Waals surface area contributed by atoms with Crippen LogP contribution in [0, 0.1) is 6.92 Å². The highest BCUT2D eigenvalue weighted by molar-refractivity contribution is 5.58. The van der Waals surface area contributed by atoms with Gasteiger partial charge in [0.05, 0.1) is 11.8 Å². The molecule has 2 heterocycles. The third-order valence-corrected chi connectivity index (χ3v) is 2.91. The van der Waals surface area contributed by atoms with E-state index in [1.807, 2.05) is 27.2 Å². The van der Waals surface area contributed by atoms with E-state index in [0.717, 1.165) is 17.1 Å². The lowest BCUT2D eigenvalue weighted by Gasteiger charge is -2.15. The van der Waals surface area contributed by atoms with Crippen molar-refractivity contribution in [2.24, 2.45) is 7.05 Å². The largest absolute Gasteiger partial charge is 0.373 e. The first-order valence-electron chi connectivity index (χ1n) is 6.08. The number of nitrogens with one attached hydrogen (secondary N) is 1. The first-order valence-corrected chi connectivity index (χ1v) is 6.08. The maximum atomic E-state index is 4.58. The predicted molar refractivity (Wildman–Crippen MR) is 72.6 cm³/mol. The zero-order chi connectivity index (χ0) is 13.3. The van der Waals surface area contributed by atoms with Crippen molar-refractivity contribution in [2.75, 3.05) is 12.4 Å². The summed E-state index contributed by atoms with van der Waals surface area (Å²) in [5.74, 6) is 2.01. The van der Waals surface area contributed by atoms with Gasteiger partial charge in [-0.2, -0.15) is 5.10 Å². The van der Waals surface area contributed by atoms with Crippen molar-refractivity contribution in [1.82, 2.24) is 19.7 Å². The van der Waals surface area contributed by atoms with Crippen molar-refractivity contribution >= 4 is 5.82 Å². The fourth-order valence-electron chi connectivity index (χ4n) is 2.13. The van der Waals surface area contributed by atoms with Gasteiger partial charge in [0.1, 0.15) is 5.82 Å². The maximum absolute atomic E-state index is 4.58. The minimum absolute atomic E-state index is 0.399. The van der Waals surface area contributed by atoms with Gasteiger partial charge in [-0.1, -0.05) is 13.8 Å². The Morgan fingerprint density at radius 2 is 2.00 bits per heavy atom. The van der Waals surface area contributed by atoms with Crippen LogP contribution < -0.4 is 5.32 Å². The fourth-order valence-corrected chi connectivity index (χ4v) is 2.13. The summed E-state index contributed by atoms with van der Waals surface area (Å²) in [5.41, 5.74) is 3.13. The van der Waals surface area contributed by atoms with Crippen LogP contribution in [0.5, 0.6) is 0 Å². The minimum Gasteiger partial charge on any atom is -0.373 e. The van der Waals surface area contributed by atoms with Gasteiger partial charge in [-0.15, -0.1) is 0 Å². The van der Waals surface area contributed by atoms with E-state index in [-0.39, 0.29) is 0 Å². The van der Waals surface area contributed by atoms with Gasteiger partial charge in [0, 0.05) is 31.5 Å². The van der Waals surface area contributed by atoms with Crippen molar-refractivity contribution in [2.45, 2.75) is 26.7 Å². The molecule has 0 amide bonds. The number of rotatable bonds is 3. The second-order valence-corrected chi connectivity index (χ2v) is 4.70. The molecule has 0 bridgehead atoms. The average Bonchev–Trinajstić information content (AvgIpc) is 2.74. The van der Waals surface area contributed by atoms with Crippen LogP contribution in [0.15, 0.2) is 12.4 Å². The molecule has 2 aromatic rings. The third-order valence-electron chi connectivity index (χ3n) is 2.91. The van der Waals surface area contributed by atoms with E-state index >= 15 is 0 Å². The number of aromatic nitrogens is 4. The molecule has 0 aliphatic heterocycles. The Labute approximate surface area is 107 Å². The molecule has 5 heteroatoms. The summed E-state index contributed by atoms with van der Waals surface area (Å²) in [6.07, 6.45) is 3.70. The van der Waals surface area contributed by atoms with E-state index in [1.54, 1.807) is 10.9 Å². The van der Waals surface area contributed by atoms with Gasteiger partial charge in [0.25, 0.3) is 0 Å². The molecule has 0 saturated heterocycles. The fraction of sp³-hybridized carbons (Fsp3) is 0.462. The van der Waals surface area contributed by atoms with Crippen molar-refractivity contribution in [3.05, 3.63) is 23.7 Å². The first kappa shape index (κ1) is 12.5. The van der Waals surface area contributed by atoms with Gasteiger partial charge in [-0.25, -0.2) is 9.97 Å². The Bertz CT molecular complexity index is 557. The molecule has 0 aliphatic rings. The monoisotopic (exact) mass is 245 g/mol. The highest BCUT2D eigenvalue weighted by atomic mass is 15.2. The summed E-state index contributed by atoms with van der Waals surface area (Å²) in [5, 5.41) is 7.31. The number of hydrogen-bond acceptors (Lipinski definition) is 4. The third kappa shape index (κ3) is 2.20. The highest BCUT2D eigenvalue weighted by Gasteiger charge is 2.15. The smallest absolute Gasteiger partial charge is 0.164 e. The van der Waals surface area contributed by atoms with E-state index < -0.39 is 0 Å². The Morgan fingerprint density at radius 1 is 1.28 bits per heavy atom. The topological polar surface area (TPSA) is 55.6 Å². The molecule has 0 aliphatic carbocycles. The molecule has 0 aromatic carbocycles. The number of anilines is 1. The van der Waals surface area contributed by atoms with Crippen molar-refractivity contribution < 1.29 is 0 Å².